The van der Waals surface area contributed by atoms with Crippen molar-refractivity contribution in [1.29, 1.82) is 0 Å². The molecule has 23 heavy (non-hydrogen) atoms. The summed E-state index contributed by atoms with van der Waals surface area (Å²) in [5.74, 6) is -0.0257. The van der Waals surface area contributed by atoms with Crippen LogP contribution in [0.4, 0.5) is 0 Å². The molecular formula is C16H16N4OS2. The second kappa shape index (κ2) is 6.35. The van der Waals surface area contributed by atoms with Gasteiger partial charge in [0, 0.05) is 31.2 Å². The van der Waals surface area contributed by atoms with E-state index in [1.165, 1.54) is 17.3 Å². The summed E-state index contributed by atoms with van der Waals surface area (Å²) in [6.07, 6.45) is 0.996. The standard InChI is InChI=1S/C16H16N4OS2/c21-16(12-1-2-14-15(7-12)19-23-18-14)17-13-3-5-20(9-13)8-11-4-6-22-10-11/h1-2,4,6-7,10,13H,3,5,8-9H2,(H,17,21). The van der Waals surface area contributed by atoms with E-state index < -0.39 is 0 Å². The second-order valence-electron chi connectivity index (χ2n) is 5.79. The molecule has 3 aromatic rings. The molecule has 0 bridgehead atoms. The lowest BCUT2D eigenvalue weighted by atomic mass is 10.1. The van der Waals surface area contributed by atoms with E-state index in [0.717, 1.165) is 37.1 Å². The van der Waals surface area contributed by atoms with Gasteiger partial charge in [-0.05, 0) is 47.0 Å². The molecule has 0 radical (unpaired) electrons. The van der Waals surface area contributed by atoms with Crippen molar-refractivity contribution in [3.63, 3.8) is 0 Å². The van der Waals surface area contributed by atoms with Gasteiger partial charge in [-0.15, -0.1) is 0 Å². The number of fused-ring (bicyclic) bond motifs is 1. The molecule has 2 aromatic heterocycles. The molecule has 5 nitrogen and oxygen atoms in total. The van der Waals surface area contributed by atoms with Gasteiger partial charge in [0.2, 0.25) is 0 Å². The van der Waals surface area contributed by atoms with Crippen LogP contribution in [0.2, 0.25) is 0 Å². The Labute approximate surface area is 142 Å². The number of amides is 1. The number of nitrogens with zero attached hydrogens (tertiary/aromatic N) is 3. The summed E-state index contributed by atoms with van der Waals surface area (Å²) >= 11 is 2.90. The largest absolute Gasteiger partial charge is 0.348 e. The molecule has 1 saturated heterocycles. The zero-order valence-corrected chi connectivity index (χ0v) is 14.1. The fourth-order valence-electron chi connectivity index (χ4n) is 2.93. The Balaban J connectivity index is 1.37. The lowest BCUT2D eigenvalue weighted by Crippen LogP contribution is -2.36. The summed E-state index contributed by atoms with van der Waals surface area (Å²) in [4.78, 5) is 14.8. The number of aromatic nitrogens is 2. The molecular weight excluding hydrogens is 328 g/mol. The van der Waals surface area contributed by atoms with E-state index in [0.29, 0.717) is 5.56 Å². The second-order valence-corrected chi connectivity index (χ2v) is 7.10. The average Bonchev–Trinajstić information content (AvgIpc) is 3.28. The number of rotatable bonds is 4. The summed E-state index contributed by atoms with van der Waals surface area (Å²) in [6, 6.07) is 7.85. The Hall–Kier alpha value is -1.83. The van der Waals surface area contributed by atoms with E-state index >= 15 is 0 Å². The number of nitrogens with one attached hydrogen (secondary N) is 1. The van der Waals surface area contributed by atoms with Gasteiger partial charge >= 0.3 is 0 Å². The zero-order chi connectivity index (χ0) is 15.6. The highest BCUT2D eigenvalue weighted by molar-refractivity contribution is 7.07. The van der Waals surface area contributed by atoms with Crippen molar-refractivity contribution < 1.29 is 4.79 Å². The number of hydrogen-bond acceptors (Lipinski definition) is 6. The van der Waals surface area contributed by atoms with Gasteiger partial charge in [-0.25, -0.2) is 0 Å². The molecule has 0 spiro atoms. The number of thiophene rings is 1. The maximum Gasteiger partial charge on any atom is 0.251 e. The predicted octanol–water partition coefficient (Wildman–Crippen LogP) is 2.76. The number of benzene rings is 1. The van der Waals surface area contributed by atoms with Gasteiger partial charge in [-0.2, -0.15) is 20.1 Å². The van der Waals surface area contributed by atoms with Crippen LogP contribution in [0.1, 0.15) is 22.3 Å². The van der Waals surface area contributed by atoms with E-state index in [2.05, 4.69) is 35.8 Å². The smallest absolute Gasteiger partial charge is 0.251 e. The first-order valence-electron chi connectivity index (χ1n) is 7.54. The Morgan fingerprint density at radius 3 is 3.09 bits per heavy atom. The van der Waals surface area contributed by atoms with Crippen molar-refractivity contribution in [1.82, 2.24) is 19.0 Å². The summed E-state index contributed by atoms with van der Waals surface area (Å²) in [5.41, 5.74) is 3.63. The third-order valence-corrected chi connectivity index (χ3v) is 5.40. The van der Waals surface area contributed by atoms with Crippen LogP contribution in [0.5, 0.6) is 0 Å². The first-order valence-corrected chi connectivity index (χ1v) is 9.22. The Morgan fingerprint density at radius 2 is 2.22 bits per heavy atom. The van der Waals surface area contributed by atoms with E-state index in [9.17, 15) is 4.79 Å². The van der Waals surface area contributed by atoms with Crippen LogP contribution in [-0.4, -0.2) is 38.7 Å². The monoisotopic (exact) mass is 344 g/mol. The first-order chi connectivity index (χ1) is 11.3. The molecule has 3 heterocycles. The molecule has 1 aliphatic heterocycles. The van der Waals surface area contributed by atoms with Gasteiger partial charge in [0.25, 0.3) is 5.91 Å². The summed E-state index contributed by atoms with van der Waals surface area (Å²) in [6.45, 7) is 2.89. The molecule has 1 aliphatic rings. The van der Waals surface area contributed by atoms with Crippen molar-refractivity contribution in [2.24, 2.45) is 0 Å². The minimum atomic E-state index is -0.0257. The highest BCUT2D eigenvalue weighted by atomic mass is 32.1. The van der Waals surface area contributed by atoms with Crippen LogP contribution in [0.3, 0.4) is 0 Å². The highest BCUT2D eigenvalue weighted by Crippen LogP contribution is 2.17. The third kappa shape index (κ3) is 3.26. The summed E-state index contributed by atoms with van der Waals surface area (Å²) < 4.78 is 8.35. The van der Waals surface area contributed by atoms with Crippen molar-refractivity contribution in [2.75, 3.05) is 13.1 Å². The van der Waals surface area contributed by atoms with Gasteiger partial charge in [-0.3, -0.25) is 9.69 Å². The molecule has 1 aromatic carbocycles. The SMILES string of the molecule is O=C(NC1CCN(Cc2ccsc2)C1)c1ccc2nsnc2c1. The molecule has 1 unspecified atom stereocenters. The van der Waals surface area contributed by atoms with E-state index in [-0.39, 0.29) is 11.9 Å². The summed E-state index contributed by atoms with van der Waals surface area (Å²) in [5, 5.41) is 7.43. The highest BCUT2D eigenvalue weighted by Gasteiger charge is 2.24. The molecule has 1 amide bonds. The van der Waals surface area contributed by atoms with Crippen LogP contribution in [0.15, 0.2) is 35.0 Å². The van der Waals surface area contributed by atoms with E-state index in [1.54, 1.807) is 11.3 Å². The summed E-state index contributed by atoms with van der Waals surface area (Å²) in [7, 11) is 0. The van der Waals surface area contributed by atoms with Crippen LogP contribution in [-0.2, 0) is 6.54 Å². The molecule has 118 valence electrons. The number of carbonyl (C=O) groups excluding carboxylic acids is 1. The van der Waals surface area contributed by atoms with Crippen molar-refractivity contribution in [3.8, 4) is 0 Å². The molecule has 0 aliphatic carbocycles. The number of likely N-dealkylation sites (tertiary alicyclic amines) is 1. The molecule has 1 fully saturated rings. The maximum absolute atomic E-state index is 12.4. The quantitative estimate of drug-likeness (QED) is 0.791. The zero-order valence-electron chi connectivity index (χ0n) is 12.4. The normalized spacial score (nSPS) is 18.5. The molecule has 1 N–H and O–H groups in total. The first kappa shape index (κ1) is 14.7. The van der Waals surface area contributed by atoms with Gasteiger partial charge in [0.1, 0.15) is 11.0 Å². The Bertz CT molecular complexity index is 814. The fourth-order valence-corrected chi connectivity index (χ4v) is 4.10. The Morgan fingerprint density at radius 1 is 1.30 bits per heavy atom. The average molecular weight is 344 g/mol. The van der Waals surface area contributed by atoms with Crippen LogP contribution in [0.25, 0.3) is 11.0 Å². The predicted molar refractivity (Wildman–Crippen MR) is 92.9 cm³/mol. The van der Waals surface area contributed by atoms with Crippen molar-refractivity contribution in [2.45, 2.75) is 19.0 Å². The molecule has 0 saturated carbocycles. The van der Waals surface area contributed by atoms with Gasteiger partial charge in [0.15, 0.2) is 0 Å². The van der Waals surface area contributed by atoms with Gasteiger partial charge in [0.05, 0.1) is 11.7 Å². The van der Waals surface area contributed by atoms with Crippen molar-refractivity contribution >= 4 is 40.0 Å². The lowest BCUT2D eigenvalue weighted by Gasteiger charge is -2.16. The maximum atomic E-state index is 12.4. The lowest BCUT2D eigenvalue weighted by molar-refractivity contribution is 0.0938. The van der Waals surface area contributed by atoms with E-state index in [4.69, 9.17) is 0 Å². The van der Waals surface area contributed by atoms with Gasteiger partial charge in [-0.1, -0.05) is 0 Å². The van der Waals surface area contributed by atoms with Gasteiger partial charge < -0.3 is 5.32 Å². The molecule has 4 rings (SSSR count). The fraction of sp³-hybridized carbons (Fsp3) is 0.312. The number of carbonyl (C=O) groups is 1. The van der Waals surface area contributed by atoms with Crippen molar-refractivity contribution in [3.05, 3.63) is 46.2 Å². The number of hydrogen-bond donors (Lipinski definition) is 1. The topological polar surface area (TPSA) is 58.1 Å². The minimum Gasteiger partial charge on any atom is -0.348 e. The van der Waals surface area contributed by atoms with Crippen LogP contribution >= 0.6 is 23.1 Å². The van der Waals surface area contributed by atoms with E-state index in [1.807, 2.05) is 18.2 Å². The molecule has 1 atom stereocenters. The Kier molecular flexibility index (Phi) is 4.07. The minimum absolute atomic E-state index is 0.0257. The van der Waals surface area contributed by atoms with Crippen LogP contribution in [0, 0.1) is 0 Å². The molecule has 7 heteroatoms. The third-order valence-electron chi connectivity index (χ3n) is 4.11. The van der Waals surface area contributed by atoms with Crippen LogP contribution < -0.4 is 5.32 Å².